The first-order valence-corrected chi connectivity index (χ1v) is 9.28. The van der Waals surface area contributed by atoms with Crippen molar-refractivity contribution in [3.8, 4) is 0 Å². The molecule has 2 nitrogen and oxygen atoms in total. The van der Waals surface area contributed by atoms with Gasteiger partial charge in [0, 0.05) is 18.3 Å². The summed E-state index contributed by atoms with van der Waals surface area (Å²) >= 11 is 5.76. The van der Waals surface area contributed by atoms with Crippen LogP contribution in [0, 0.1) is 5.92 Å². The maximum atomic E-state index is 5.76. The zero-order valence-corrected chi connectivity index (χ0v) is 15.4. The summed E-state index contributed by atoms with van der Waals surface area (Å²) in [6.45, 7) is 5.33. The molecule has 3 rings (SSSR count). The number of hydrogen-bond acceptors (Lipinski definition) is 1. The number of benzene rings is 2. The van der Waals surface area contributed by atoms with E-state index in [1.165, 1.54) is 24.0 Å². The lowest BCUT2D eigenvalue weighted by Gasteiger charge is -2.32. The van der Waals surface area contributed by atoms with E-state index in [4.69, 9.17) is 12.2 Å². The number of thiocarbonyl (C=S) groups is 1. The fourth-order valence-electron chi connectivity index (χ4n) is 3.03. The summed E-state index contributed by atoms with van der Waals surface area (Å²) in [5, 5.41) is 4.26. The summed E-state index contributed by atoms with van der Waals surface area (Å²) < 4.78 is 0. The Labute approximate surface area is 150 Å². The van der Waals surface area contributed by atoms with Crippen LogP contribution in [0.25, 0.3) is 0 Å². The average Bonchev–Trinajstić information content (AvgIpc) is 3.46. The van der Waals surface area contributed by atoms with E-state index in [-0.39, 0.29) is 0 Å². The van der Waals surface area contributed by atoms with Gasteiger partial charge in [-0.1, -0.05) is 49.4 Å². The number of hydrogen-bond donors (Lipinski definition) is 1. The largest absolute Gasteiger partial charge is 0.342 e. The Kier molecular flexibility index (Phi) is 5.52. The van der Waals surface area contributed by atoms with Crippen molar-refractivity contribution in [2.45, 2.75) is 45.7 Å². The SMILES string of the molecule is CCc1ccc(NC(=S)N(Cc2ccccc2)[C@H](C)C2CC2)cc1. The highest BCUT2D eigenvalue weighted by Crippen LogP contribution is 2.36. The van der Waals surface area contributed by atoms with Crippen molar-refractivity contribution in [1.82, 2.24) is 4.90 Å². The Bertz CT molecular complexity index is 662. The molecule has 2 aromatic carbocycles. The molecule has 1 fully saturated rings. The van der Waals surface area contributed by atoms with Crippen molar-refractivity contribution in [2.24, 2.45) is 5.92 Å². The number of rotatable bonds is 6. The Balaban J connectivity index is 1.72. The fourth-order valence-corrected chi connectivity index (χ4v) is 3.38. The van der Waals surface area contributed by atoms with E-state index in [1.54, 1.807) is 0 Å². The molecule has 126 valence electrons. The molecule has 1 atom stereocenters. The van der Waals surface area contributed by atoms with E-state index in [9.17, 15) is 0 Å². The highest BCUT2D eigenvalue weighted by Gasteiger charge is 2.33. The van der Waals surface area contributed by atoms with Gasteiger partial charge >= 0.3 is 0 Å². The third-order valence-corrected chi connectivity index (χ3v) is 5.20. The molecule has 3 heteroatoms. The monoisotopic (exact) mass is 338 g/mol. The van der Waals surface area contributed by atoms with Crippen molar-refractivity contribution < 1.29 is 0 Å². The third kappa shape index (κ3) is 4.35. The lowest BCUT2D eigenvalue weighted by Crippen LogP contribution is -2.41. The summed E-state index contributed by atoms with van der Waals surface area (Å²) in [5.41, 5.74) is 3.72. The van der Waals surface area contributed by atoms with Crippen molar-refractivity contribution in [3.05, 3.63) is 65.7 Å². The molecule has 1 aliphatic carbocycles. The number of nitrogens with one attached hydrogen (secondary N) is 1. The smallest absolute Gasteiger partial charge is 0.173 e. The van der Waals surface area contributed by atoms with Crippen LogP contribution in [0.3, 0.4) is 0 Å². The Morgan fingerprint density at radius 2 is 1.75 bits per heavy atom. The van der Waals surface area contributed by atoms with Crippen LogP contribution in [0.4, 0.5) is 5.69 Å². The highest BCUT2D eigenvalue weighted by atomic mass is 32.1. The van der Waals surface area contributed by atoms with Gasteiger partial charge in [-0.3, -0.25) is 0 Å². The zero-order valence-electron chi connectivity index (χ0n) is 14.5. The quantitative estimate of drug-likeness (QED) is 0.725. The molecule has 0 radical (unpaired) electrons. The van der Waals surface area contributed by atoms with Crippen LogP contribution < -0.4 is 5.32 Å². The molecular formula is C21H26N2S. The zero-order chi connectivity index (χ0) is 16.9. The van der Waals surface area contributed by atoms with Gasteiger partial charge in [0.05, 0.1) is 0 Å². The molecule has 24 heavy (non-hydrogen) atoms. The lowest BCUT2D eigenvalue weighted by molar-refractivity contribution is 0.298. The van der Waals surface area contributed by atoms with E-state index < -0.39 is 0 Å². The Morgan fingerprint density at radius 3 is 2.33 bits per heavy atom. The van der Waals surface area contributed by atoms with Gasteiger partial charge in [0.15, 0.2) is 5.11 Å². The minimum atomic E-state index is 0.472. The van der Waals surface area contributed by atoms with Crippen molar-refractivity contribution in [3.63, 3.8) is 0 Å². The maximum absolute atomic E-state index is 5.76. The van der Waals surface area contributed by atoms with Crippen LogP contribution in [0.5, 0.6) is 0 Å². The first-order valence-electron chi connectivity index (χ1n) is 8.88. The minimum absolute atomic E-state index is 0.472. The summed E-state index contributed by atoms with van der Waals surface area (Å²) in [7, 11) is 0. The summed E-state index contributed by atoms with van der Waals surface area (Å²) in [4.78, 5) is 2.34. The van der Waals surface area contributed by atoms with Gasteiger partial charge in [0.25, 0.3) is 0 Å². The standard InChI is InChI=1S/C21H26N2S/c1-3-17-9-13-20(14-10-17)22-21(24)23(16(2)19-11-12-19)15-18-7-5-4-6-8-18/h4-10,13-14,16,19H,3,11-12,15H2,1-2H3,(H,22,24)/t16-/m1/s1. The van der Waals surface area contributed by atoms with Gasteiger partial charge in [0.1, 0.15) is 0 Å². The van der Waals surface area contributed by atoms with Crippen LogP contribution in [0.1, 0.15) is 37.8 Å². The number of anilines is 1. The van der Waals surface area contributed by atoms with Crippen LogP contribution in [0.2, 0.25) is 0 Å². The van der Waals surface area contributed by atoms with Gasteiger partial charge in [-0.05, 0) is 67.6 Å². The molecule has 0 bridgehead atoms. The van der Waals surface area contributed by atoms with E-state index in [0.717, 1.165) is 29.7 Å². The van der Waals surface area contributed by atoms with E-state index >= 15 is 0 Å². The average molecular weight is 339 g/mol. The van der Waals surface area contributed by atoms with E-state index in [2.05, 4.69) is 78.7 Å². The molecule has 0 aromatic heterocycles. The van der Waals surface area contributed by atoms with Crippen LogP contribution in [-0.2, 0) is 13.0 Å². The highest BCUT2D eigenvalue weighted by molar-refractivity contribution is 7.80. The predicted octanol–water partition coefficient (Wildman–Crippen LogP) is 5.25. The fraction of sp³-hybridized carbons (Fsp3) is 0.381. The van der Waals surface area contributed by atoms with Crippen LogP contribution >= 0.6 is 12.2 Å². The lowest BCUT2D eigenvalue weighted by atomic mass is 10.1. The second-order valence-electron chi connectivity index (χ2n) is 6.67. The second-order valence-corrected chi connectivity index (χ2v) is 7.06. The molecule has 0 spiro atoms. The Morgan fingerprint density at radius 1 is 1.08 bits per heavy atom. The molecule has 1 saturated carbocycles. The van der Waals surface area contributed by atoms with Crippen molar-refractivity contribution in [1.29, 1.82) is 0 Å². The molecule has 1 aliphatic rings. The Hall–Kier alpha value is -1.87. The van der Waals surface area contributed by atoms with E-state index in [1.807, 2.05) is 0 Å². The number of nitrogens with zero attached hydrogens (tertiary/aromatic N) is 1. The third-order valence-electron chi connectivity index (χ3n) is 4.87. The molecule has 0 unspecified atom stereocenters. The summed E-state index contributed by atoms with van der Waals surface area (Å²) in [6.07, 6.45) is 3.70. The van der Waals surface area contributed by atoms with Crippen molar-refractivity contribution in [2.75, 3.05) is 5.32 Å². The van der Waals surface area contributed by atoms with Gasteiger partial charge < -0.3 is 10.2 Å². The minimum Gasteiger partial charge on any atom is -0.342 e. The molecule has 0 saturated heterocycles. The van der Waals surface area contributed by atoms with Crippen LogP contribution in [-0.4, -0.2) is 16.1 Å². The summed E-state index contributed by atoms with van der Waals surface area (Å²) in [5.74, 6) is 0.774. The van der Waals surface area contributed by atoms with Gasteiger partial charge in [-0.2, -0.15) is 0 Å². The van der Waals surface area contributed by atoms with Crippen LogP contribution in [0.15, 0.2) is 54.6 Å². The second kappa shape index (κ2) is 7.80. The first-order chi connectivity index (χ1) is 11.7. The normalized spacial score (nSPS) is 14.9. The van der Waals surface area contributed by atoms with Gasteiger partial charge in [-0.25, -0.2) is 0 Å². The number of aryl methyl sites for hydroxylation is 1. The first kappa shape index (κ1) is 17.0. The molecule has 2 aromatic rings. The van der Waals surface area contributed by atoms with Gasteiger partial charge in [0.2, 0.25) is 0 Å². The van der Waals surface area contributed by atoms with Crippen molar-refractivity contribution >= 4 is 23.0 Å². The molecule has 0 aliphatic heterocycles. The molecular weight excluding hydrogens is 312 g/mol. The molecule has 0 heterocycles. The molecule has 0 amide bonds. The summed E-state index contributed by atoms with van der Waals surface area (Å²) in [6, 6.07) is 19.6. The maximum Gasteiger partial charge on any atom is 0.173 e. The predicted molar refractivity (Wildman–Crippen MR) is 106 cm³/mol. The van der Waals surface area contributed by atoms with E-state index in [0.29, 0.717) is 6.04 Å². The molecule has 1 N–H and O–H groups in total. The van der Waals surface area contributed by atoms with Gasteiger partial charge in [-0.15, -0.1) is 0 Å². The topological polar surface area (TPSA) is 15.3 Å².